The summed E-state index contributed by atoms with van der Waals surface area (Å²) in [5.41, 5.74) is 5.64. The van der Waals surface area contributed by atoms with Crippen molar-refractivity contribution in [3.05, 3.63) is 0 Å². The summed E-state index contributed by atoms with van der Waals surface area (Å²) in [5.74, 6) is 0.823. The summed E-state index contributed by atoms with van der Waals surface area (Å²) in [6.45, 7) is 9.39. The van der Waals surface area contributed by atoms with Gasteiger partial charge in [0.25, 0.3) is 0 Å². The highest BCUT2D eigenvalue weighted by molar-refractivity contribution is 5.76. The fourth-order valence-electron chi connectivity index (χ4n) is 2.79. The number of carbonyl (C=O) groups excluding carboxylic acids is 1. The SMILES string of the molecule is CCCC(CCN)CCC(=O)NC(CC)(CC)CC. The molecule has 0 aliphatic heterocycles. The Morgan fingerprint density at radius 2 is 1.63 bits per heavy atom. The first-order valence-corrected chi connectivity index (χ1v) is 8.08. The molecule has 3 N–H and O–H groups in total. The Morgan fingerprint density at radius 1 is 1.05 bits per heavy atom. The lowest BCUT2D eigenvalue weighted by Gasteiger charge is -2.32. The number of carbonyl (C=O) groups is 1. The summed E-state index contributed by atoms with van der Waals surface area (Å²) in [6, 6.07) is 0. The first kappa shape index (κ1) is 18.4. The zero-order chi connectivity index (χ0) is 14.7. The van der Waals surface area contributed by atoms with Crippen molar-refractivity contribution in [2.75, 3.05) is 6.54 Å². The summed E-state index contributed by atoms with van der Waals surface area (Å²) in [6.07, 6.45) is 8.05. The summed E-state index contributed by atoms with van der Waals surface area (Å²) < 4.78 is 0. The van der Waals surface area contributed by atoms with Crippen LogP contribution < -0.4 is 11.1 Å². The molecule has 1 unspecified atom stereocenters. The lowest BCUT2D eigenvalue weighted by molar-refractivity contribution is -0.123. The Hall–Kier alpha value is -0.570. The molecule has 0 aromatic rings. The van der Waals surface area contributed by atoms with Crippen molar-refractivity contribution in [1.82, 2.24) is 5.32 Å². The van der Waals surface area contributed by atoms with E-state index in [0.29, 0.717) is 12.3 Å². The molecule has 1 amide bonds. The Morgan fingerprint density at radius 3 is 2.05 bits per heavy atom. The van der Waals surface area contributed by atoms with Gasteiger partial charge in [-0.2, -0.15) is 0 Å². The Balaban J connectivity index is 4.21. The van der Waals surface area contributed by atoms with Gasteiger partial charge < -0.3 is 11.1 Å². The second-order valence-electron chi connectivity index (χ2n) is 5.66. The molecule has 19 heavy (non-hydrogen) atoms. The minimum Gasteiger partial charge on any atom is -0.351 e. The van der Waals surface area contributed by atoms with Gasteiger partial charge in [-0.25, -0.2) is 0 Å². The van der Waals surface area contributed by atoms with Gasteiger partial charge in [-0.15, -0.1) is 0 Å². The van der Waals surface area contributed by atoms with Gasteiger partial charge in [-0.05, 0) is 44.6 Å². The molecule has 0 heterocycles. The van der Waals surface area contributed by atoms with Gasteiger partial charge >= 0.3 is 0 Å². The van der Waals surface area contributed by atoms with Crippen LogP contribution >= 0.6 is 0 Å². The minimum atomic E-state index is 0.00516. The van der Waals surface area contributed by atoms with Crippen molar-refractivity contribution in [3.8, 4) is 0 Å². The van der Waals surface area contributed by atoms with E-state index in [-0.39, 0.29) is 11.4 Å². The number of amides is 1. The lowest BCUT2D eigenvalue weighted by Crippen LogP contribution is -2.47. The highest BCUT2D eigenvalue weighted by Crippen LogP contribution is 2.21. The molecule has 0 radical (unpaired) electrons. The molecular weight excluding hydrogens is 236 g/mol. The zero-order valence-electron chi connectivity index (χ0n) is 13.4. The van der Waals surface area contributed by atoms with E-state index in [1.807, 2.05) is 0 Å². The smallest absolute Gasteiger partial charge is 0.220 e. The number of hydrogen-bond acceptors (Lipinski definition) is 2. The standard InChI is InChI=1S/C16H34N2O/c1-5-9-14(12-13-17)10-11-15(19)18-16(6-2,7-3)8-4/h14H,5-13,17H2,1-4H3,(H,18,19). The average Bonchev–Trinajstić information content (AvgIpc) is 2.43. The van der Waals surface area contributed by atoms with E-state index in [9.17, 15) is 4.79 Å². The molecule has 3 nitrogen and oxygen atoms in total. The molecule has 0 saturated heterocycles. The molecule has 3 heteroatoms. The van der Waals surface area contributed by atoms with Crippen LogP contribution in [0, 0.1) is 5.92 Å². The van der Waals surface area contributed by atoms with E-state index in [1.165, 1.54) is 12.8 Å². The van der Waals surface area contributed by atoms with Crippen molar-refractivity contribution in [2.45, 2.75) is 84.6 Å². The molecule has 0 saturated carbocycles. The summed E-state index contributed by atoms with van der Waals surface area (Å²) in [5, 5.41) is 3.25. The van der Waals surface area contributed by atoms with E-state index in [0.717, 1.165) is 38.6 Å². The first-order chi connectivity index (χ1) is 9.07. The topological polar surface area (TPSA) is 55.1 Å². The second kappa shape index (κ2) is 10.2. The van der Waals surface area contributed by atoms with Crippen LogP contribution in [0.5, 0.6) is 0 Å². The maximum absolute atomic E-state index is 12.1. The summed E-state index contributed by atoms with van der Waals surface area (Å²) >= 11 is 0. The highest BCUT2D eigenvalue weighted by Gasteiger charge is 2.25. The third-order valence-electron chi connectivity index (χ3n) is 4.49. The van der Waals surface area contributed by atoms with Crippen molar-refractivity contribution < 1.29 is 4.79 Å². The van der Waals surface area contributed by atoms with Crippen LogP contribution in [0.15, 0.2) is 0 Å². The monoisotopic (exact) mass is 270 g/mol. The Bertz CT molecular complexity index is 223. The maximum Gasteiger partial charge on any atom is 0.220 e. The van der Waals surface area contributed by atoms with Crippen LogP contribution in [0.2, 0.25) is 0 Å². The largest absolute Gasteiger partial charge is 0.351 e. The van der Waals surface area contributed by atoms with Crippen molar-refractivity contribution in [1.29, 1.82) is 0 Å². The number of hydrogen-bond donors (Lipinski definition) is 2. The van der Waals surface area contributed by atoms with Crippen LogP contribution in [0.25, 0.3) is 0 Å². The molecule has 0 aromatic carbocycles. The number of rotatable bonds is 11. The van der Waals surface area contributed by atoms with Crippen LogP contribution in [0.4, 0.5) is 0 Å². The fourth-order valence-corrected chi connectivity index (χ4v) is 2.79. The molecule has 1 atom stereocenters. The van der Waals surface area contributed by atoms with Crippen LogP contribution in [-0.2, 0) is 4.79 Å². The molecular formula is C16H34N2O. The van der Waals surface area contributed by atoms with E-state index in [4.69, 9.17) is 5.73 Å². The normalized spacial score (nSPS) is 13.3. The van der Waals surface area contributed by atoms with Gasteiger partial charge in [-0.3, -0.25) is 4.79 Å². The van der Waals surface area contributed by atoms with Crippen LogP contribution in [0.1, 0.15) is 79.1 Å². The number of nitrogens with one attached hydrogen (secondary N) is 1. The predicted octanol–water partition coefficient (Wildman–Crippen LogP) is 3.62. The molecule has 0 spiro atoms. The molecule has 0 aromatic heterocycles. The van der Waals surface area contributed by atoms with Gasteiger partial charge in [0.2, 0.25) is 5.91 Å². The van der Waals surface area contributed by atoms with E-state index < -0.39 is 0 Å². The maximum atomic E-state index is 12.1. The molecule has 0 aliphatic carbocycles. The fraction of sp³-hybridized carbons (Fsp3) is 0.938. The molecule has 0 fully saturated rings. The quantitative estimate of drug-likeness (QED) is 0.602. The van der Waals surface area contributed by atoms with Crippen LogP contribution in [-0.4, -0.2) is 18.0 Å². The minimum absolute atomic E-state index is 0.00516. The van der Waals surface area contributed by atoms with E-state index >= 15 is 0 Å². The molecule has 0 rings (SSSR count). The third-order valence-corrected chi connectivity index (χ3v) is 4.49. The highest BCUT2D eigenvalue weighted by atomic mass is 16.1. The first-order valence-electron chi connectivity index (χ1n) is 8.08. The molecule has 114 valence electrons. The third kappa shape index (κ3) is 6.95. The predicted molar refractivity (Wildman–Crippen MR) is 83.1 cm³/mol. The van der Waals surface area contributed by atoms with E-state index in [1.54, 1.807) is 0 Å². The van der Waals surface area contributed by atoms with Gasteiger partial charge in [0.1, 0.15) is 0 Å². The summed E-state index contributed by atoms with van der Waals surface area (Å²) in [7, 11) is 0. The van der Waals surface area contributed by atoms with Gasteiger partial charge in [-0.1, -0.05) is 40.5 Å². The van der Waals surface area contributed by atoms with Gasteiger partial charge in [0, 0.05) is 12.0 Å². The summed E-state index contributed by atoms with van der Waals surface area (Å²) in [4.78, 5) is 12.1. The lowest BCUT2D eigenvalue weighted by atomic mass is 9.89. The molecule has 0 aliphatic rings. The van der Waals surface area contributed by atoms with Crippen LogP contribution in [0.3, 0.4) is 0 Å². The van der Waals surface area contributed by atoms with Crippen molar-refractivity contribution >= 4 is 5.91 Å². The second-order valence-corrected chi connectivity index (χ2v) is 5.66. The average molecular weight is 270 g/mol. The van der Waals surface area contributed by atoms with Gasteiger partial charge in [0.05, 0.1) is 0 Å². The molecule has 0 bridgehead atoms. The van der Waals surface area contributed by atoms with E-state index in [2.05, 4.69) is 33.0 Å². The zero-order valence-corrected chi connectivity index (χ0v) is 13.4. The van der Waals surface area contributed by atoms with Crippen molar-refractivity contribution in [2.24, 2.45) is 11.7 Å². The Kier molecular flexibility index (Phi) is 9.94. The Labute approximate surface area is 119 Å². The van der Waals surface area contributed by atoms with Crippen molar-refractivity contribution in [3.63, 3.8) is 0 Å². The van der Waals surface area contributed by atoms with Gasteiger partial charge in [0.15, 0.2) is 0 Å². The number of nitrogens with two attached hydrogens (primary N) is 1.